The summed E-state index contributed by atoms with van der Waals surface area (Å²) in [6.45, 7) is 0.410. The van der Waals surface area contributed by atoms with Crippen LogP contribution in [0.5, 0.6) is 11.6 Å². The predicted octanol–water partition coefficient (Wildman–Crippen LogP) is 4.07. The second-order valence-corrected chi connectivity index (χ2v) is 10.5. The van der Waals surface area contributed by atoms with Crippen LogP contribution >= 0.6 is 0 Å². The summed E-state index contributed by atoms with van der Waals surface area (Å²) in [5, 5.41) is 2.86. The van der Waals surface area contributed by atoms with Crippen LogP contribution in [-0.2, 0) is 27.7 Å². The molecule has 0 fully saturated rings. The molecule has 4 aromatic rings. The average Bonchev–Trinajstić information content (AvgIpc) is 2.97. The molecule has 0 spiro atoms. The molecule has 0 bridgehead atoms. The highest BCUT2D eigenvalue weighted by atomic mass is 32.2. The number of hydrogen-bond acceptors (Lipinski definition) is 8. The molecule has 0 saturated heterocycles. The van der Waals surface area contributed by atoms with Crippen molar-refractivity contribution >= 4 is 28.0 Å². The molecule has 0 aliphatic rings. The Morgan fingerprint density at radius 2 is 1.39 bits per heavy atom. The first-order valence-corrected chi connectivity index (χ1v) is 14.1. The lowest BCUT2D eigenvalue weighted by molar-refractivity contribution is -0.121. The number of aromatic nitrogens is 1. The van der Waals surface area contributed by atoms with Crippen molar-refractivity contribution < 1.29 is 32.3 Å². The van der Waals surface area contributed by atoms with Gasteiger partial charge in [0.05, 0.1) is 10.5 Å². The van der Waals surface area contributed by atoms with Gasteiger partial charge in [0.1, 0.15) is 5.75 Å². The molecule has 10 nitrogen and oxygen atoms in total. The summed E-state index contributed by atoms with van der Waals surface area (Å²) >= 11 is 0. The van der Waals surface area contributed by atoms with Gasteiger partial charge in [-0.1, -0.05) is 60.7 Å². The number of amides is 2. The van der Waals surface area contributed by atoms with Gasteiger partial charge in [-0.25, -0.2) is 22.9 Å². The third kappa shape index (κ3) is 9.01. The fraction of sp³-hybridized carbons (Fsp3) is 0.133. The number of para-hydroxylation sites is 1. The second kappa shape index (κ2) is 13.9. The van der Waals surface area contributed by atoms with Crippen LogP contribution in [0.15, 0.2) is 108 Å². The number of carbonyl (C=O) groups excluding carboxylic acids is 3. The summed E-state index contributed by atoms with van der Waals surface area (Å²) in [4.78, 5) is 40.2. The standard InChI is InChI=1S/C30H27N3O7S/c34-27(17-13-22-7-3-1-4-8-22)31-20-19-23-11-15-26(16-12-23)41(37,38)33-29(35)24-14-18-28(32-21-24)40-30(36)39-25-9-5-2-6-10-25/h1-12,14-16,18,21H,13,17,19-20H2,(H,31,34)(H,33,35). The average molecular weight is 574 g/mol. The number of rotatable bonds is 11. The van der Waals surface area contributed by atoms with E-state index in [0.717, 1.165) is 17.3 Å². The number of ether oxygens (including phenoxy) is 2. The molecule has 210 valence electrons. The molecule has 2 N–H and O–H groups in total. The Hall–Kier alpha value is -5.03. The van der Waals surface area contributed by atoms with Crippen molar-refractivity contribution in [2.75, 3.05) is 6.54 Å². The van der Waals surface area contributed by atoms with E-state index in [1.807, 2.05) is 35.1 Å². The topological polar surface area (TPSA) is 141 Å². The van der Waals surface area contributed by atoms with E-state index in [4.69, 9.17) is 9.47 Å². The number of pyridine rings is 1. The predicted molar refractivity (Wildman–Crippen MR) is 150 cm³/mol. The van der Waals surface area contributed by atoms with Gasteiger partial charge in [-0.3, -0.25) is 9.59 Å². The first-order chi connectivity index (χ1) is 19.8. The van der Waals surface area contributed by atoms with Gasteiger partial charge >= 0.3 is 6.16 Å². The fourth-order valence-corrected chi connectivity index (χ4v) is 4.65. The van der Waals surface area contributed by atoms with Crippen molar-refractivity contribution in [1.82, 2.24) is 15.0 Å². The second-order valence-electron chi connectivity index (χ2n) is 8.82. The van der Waals surface area contributed by atoms with Crippen LogP contribution < -0.4 is 19.5 Å². The number of benzene rings is 3. The van der Waals surface area contributed by atoms with Crippen molar-refractivity contribution in [1.29, 1.82) is 0 Å². The highest BCUT2D eigenvalue weighted by molar-refractivity contribution is 7.90. The van der Waals surface area contributed by atoms with Gasteiger partial charge in [-0.2, -0.15) is 0 Å². The Labute approximate surface area is 237 Å². The van der Waals surface area contributed by atoms with E-state index in [0.29, 0.717) is 25.8 Å². The molecule has 0 unspecified atom stereocenters. The minimum absolute atomic E-state index is 0.0584. The molecule has 11 heteroatoms. The molecule has 41 heavy (non-hydrogen) atoms. The number of nitrogens with one attached hydrogen (secondary N) is 2. The van der Waals surface area contributed by atoms with Crippen molar-refractivity contribution in [3.05, 3.63) is 120 Å². The number of aryl methyl sites for hydroxylation is 1. The zero-order chi connectivity index (χ0) is 29.1. The first-order valence-electron chi connectivity index (χ1n) is 12.7. The lowest BCUT2D eigenvalue weighted by atomic mass is 10.1. The Morgan fingerprint density at radius 3 is 2.05 bits per heavy atom. The maximum Gasteiger partial charge on any atom is 0.520 e. The number of hydrogen-bond donors (Lipinski definition) is 2. The number of carbonyl (C=O) groups is 3. The Morgan fingerprint density at radius 1 is 0.732 bits per heavy atom. The molecule has 3 aromatic carbocycles. The van der Waals surface area contributed by atoms with Crippen molar-refractivity contribution in [2.24, 2.45) is 0 Å². The maximum absolute atomic E-state index is 12.7. The molecule has 0 atom stereocenters. The monoisotopic (exact) mass is 573 g/mol. The van der Waals surface area contributed by atoms with Gasteiger partial charge in [0.25, 0.3) is 15.9 Å². The molecule has 1 heterocycles. The number of sulfonamides is 1. The van der Waals surface area contributed by atoms with Gasteiger partial charge in [-0.05, 0) is 54.3 Å². The summed E-state index contributed by atoms with van der Waals surface area (Å²) in [5.41, 5.74) is 1.86. The van der Waals surface area contributed by atoms with Gasteiger partial charge in [0.2, 0.25) is 11.8 Å². The summed E-state index contributed by atoms with van der Waals surface area (Å²) in [5.74, 6) is -0.809. The molecular formula is C30H27N3O7S. The largest absolute Gasteiger partial charge is 0.520 e. The van der Waals surface area contributed by atoms with E-state index >= 15 is 0 Å². The summed E-state index contributed by atoms with van der Waals surface area (Å²) in [7, 11) is -4.16. The third-order valence-corrected chi connectivity index (χ3v) is 7.16. The molecule has 0 aliphatic carbocycles. The Bertz CT molecular complexity index is 1580. The van der Waals surface area contributed by atoms with Crippen LogP contribution in [0.1, 0.15) is 27.9 Å². The van der Waals surface area contributed by atoms with E-state index < -0.39 is 22.1 Å². The first kappa shape index (κ1) is 29.0. The van der Waals surface area contributed by atoms with Crippen LogP contribution in [0.4, 0.5) is 4.79 Å². The van der Waals surface area contributed by atoms with E-state index in [9.17, 15) is 22.8 Å². The van der Waals surface area contributed by atoms with Gasteiger partial charge in [0.15, 0.2) is 0 Å². The van der Waals surface area contributed by atoms with Crippen LogP contribution in [0.3, 0.4) is 0 Å². The summed E-state index contributed by atoms with van der Waals surface area (Å²) in [6.07, 6.45) is 1.61. The fourth-order valence-electron chi connectivity index (χ4n) is 3.68. The molecule has 0 radical (unpaired) electrons. The van der Waals surface area contributed by atoms with Crippen molar-refractivity contribution in [2.45, 2.75) is 24.2 Å². The minimum Gasteiger partial charge on any atom is -0.395 e. The molecule has 1 aromatic heterocycles. The molecule has 0 aliphatic heterocycles. The zero-order valence-electron chi connectivity index (χ0n) is 21.9. The van der Waals surface area contributed by atoms with E-state index in [-0.39, 0.29) is 28.0 Å². The van der Waals surface area contributed by atoms with E-state index in [2.05, 4.69) is 10.3 Å². The number of nitrogens with zero attached hydrogens (tertiary/aromatic N) is 1. The highest BCUT2D eigenvalue weighted by Crippen LogP contribution is 2.15. The smallest absolute Gasteiger partial charge is 0.395 e. The molecule has 2 amide bonds. The van der Waals surface area contributed by atoms with Gasteiger partial charge in [-0.15, -0.1) is 0 Å². The summed E-state index contributed by atoms with van der Waals surface area (Å²) < 4.78 is 37.4. The van der Waals surface area contributed by atoms with E-state index in [1.165, 1.54) is 24.3 Å². The molecular weight excluding hydrogens is 546 g/mol. The quantitative estimate of drug-likeness (QED) is 0.202. The Kier molecular flexibility index (Phi) is 9.79. The van der Waals surface area contributed by atoms with Crippen LogP contribution in [0, 0.1) is 0 Å². The highest BCUT2D eigenvalue weighted by Gasteiger charge is 2.19. The maximum atomic E-state index is 12.7. The van der Waals surface area contributed by atoms with Gasteiger partial charge in [0, 0.05) is 25.2 Å². The van der Waals surface area contributed by atoms with Gasteiger partial charge < -0.3 is 14.8 Å². The van der Waals surface area contributed by atoms with Crippen LogP contribution in [0.2, 0.25) is 0 Å². The SMILES string of the molecule is O=C(CCc1ccccc1)NCCc1ccc(S(=O)(=O)NC(=O)c2ccc(OC(=O)Oc3ccccc3)nc2)cc1. The third-order valence-electron chi connectivity index (χ3n) is 5.81. The lowest BCUT2D eigenvalue weighted by Crippen LogP contribution is -2.30. The Balaban J connectivity index is 1.23. The molecule has 4 rings (SSSR count). The van der Waals surface area contributed by atoms with Crippen LogP contribution in [-0.4, -0.2) is 37.9 Å². The minimum atomic E-state index is -4.16. The normalized spacial score (nSPS) is 10.8. The van der Waals surface area contributed by atoms with Crippen LogP contribution in [0.25, 0.3) is 0 Å². The van der Waals surface area contributed by atoms with Crippen molar-refractivity contribution in [3.8, 4) is 11.6 Å². The summed E-state index contributed by atoms with van der Waals surface area (Å²) in [6, 6.07) is 26.5. The van der Waals surface area contributed by atoms with Crippen molar-refractivity contribution in [3.63, 3.8) is 0 Å². The molecule has 0 saturated carbocycles. The lowest BCUT2D eigenvalue weighted by Gasteiger charge is -2.09. The zero-order valence-corrected chi connectivity index (χ0v) is 22.7. The van der Waals surface area contributed by atoms with E-state index in [1.54, 1.807) is 42.5 Å².